The molecule has 5 aromatic carbocycles. The summed E-state index contributed by atoms with van der Waals surface area (Å²) >= 11 is 0. The Labute approximate surface area is 256 Å². The molecular formula is C40H32N2O. The quantitative estimate of drug-likeness (QED) is 0.229. The summed E-state index contributed by atoms with van der Waals surface area (Å²) in [5.74, 6) is 0. The number of aromatic nitrogens is 1. The molecule has 0 spiro atoms. The van der Waals surface area contributed by atoms with Crippen LogP contribution in [0.25, 0.3) is 66.6 Å². The summed E-state index contributed by atoms with van der Waals surface area (Å²) in [7, 11) is 0. The van der Waals surface area contributed by atoms with Crippen molar-refractivity contribution >= 4 is 33.3 Å². The van der Waals surface area contributed by atoms with Crippen LogP contribution in [-0.4, -0.2) is 4.98 Å². The molecule has 7 aromatic rings. The van der Waals surface area contributed by atoms with Gasteiger partial charge in [-0.2, -0.15) is 0 Å². The van der Waals surface area contributed by atoms with Gasteiger partial charge in [0.15, 0.2) is 0 Å². The summed E-state index contributed by atoms with van der Waals surface area (Å²) in [5, 5.41) is 5.95. The molecule has 0 fully saturated rings. The second kappa shape index (κ2) is 9.43. The van der Waals surface area contributed by atoms with Crippen LogP contribution < -0.4 is 5.32 Å². The first kappa shape index (κ1) is 22.4. The van der Waals surface area contributed by atoms with Gasteiger partial charge in [0.2, 0.25) is 0 Å². The molecule has 1 N–H and O–H groups in total. The van der Waals surface area contributed by atoms with Gasteiger partial charge in [0.05, 0.1) is 5.69 Å². The van der Waals surface area contributed by atoms with E-state index in [0.717, 1.165) is 66.8 Å². The lowest BCUT2D eigenvalue weighted by Crippen LogP contribution is -2.03. The molecule has 0 aliphatic carbocycles. The van der Waals surface area contributed by atoms with Gasteiger partial charge in [-0.3, -0.25) is 4.98 Å². The number of benzene rings is 5. The highest BCUT2D eigenvalue weighted by molar-refractivity contribution is 6.10. The molecular weight excluding hydrogens is 524 g/mol. The third kappa shape index (κ3) is 4.07. The lowest BCUT2D eigenvalue weighted by molar-refractivity contribution is 0.669. The van der Waals surface area contributed by atoms with Crippen molar-refractivity contribution in [3.8, 4) is 44.6 Å². The second-order valence-electron chi connectivity index (χ2n) is 11.8. The zero-order chi connectivity index (χ0) is 31.9. The molecule has 0 unspecified atom stereocenters. The molecule has 3 nitrogen and oxygen atoms in total. The number of aryl methyl sites for hydroxylation is 4. The predicted octanol–water partition coefficient (Wildman–Crippen LogP) is 11.2. The van der Waals surface area contributed by atoms with Crippen LogP contribution in [0, 0.1) is 34.5 Å². The van der Waals surface area contributed by atoms with Gasteiger partial charge in [0.1, 0.15) is 11.2 Å². The van der Waals surface area contributed by atoms with Crippen molar-refractivity contribution in [2.45, 2.75) is 34.5 Å². The van der Waals surface area contributed by atoms with Crippen molar-refractivity contribution in [3.63, 3.8) is 0 Å². The Bertz CT molecular complexity index is 2340. The highest BCUT2D eigenvalue weighted by Crippen LogP contribution is 2.48. The largest absolute Gasteiger partial charge is 0.456 e. The normalized spacial score (nSPS) is 13.3. The van der Waals surface area contributed by atoms with E-state index >= 15 is 0 Å². The third-order valence-corrected chi connectivity index (χ3v) is 8.82. The maximum absolute atomic E-state index is 7.75. The summed E-state index contributed by atoms with van der Waals surface area (Å²) in [4.78, 5) is 4.56. The van der Waals surface area contributed by atoms with Gasteiger partial charge in [0, 0.05) is 49.1 Å². The van der Waals surface area contributed by atoms with E-state index in [1.165, 1.54) is 39.6 Å². The van der Waals surface area contributed by atoms with Crippen LogP contribution in [0.4, 0.5) is 11.4 Å². The fraction of sp³-hybridized carbons (Fsp3) is 0.125. The van der Waals surface area contributed by atoms with Gasteiger partial charge >= 0.3 is 0 Å². The molecule has 0 saturated heterocycles. The number of hydrogen-bond donors (Lipinski definition) is 1. The van der Waals surface area contributed by atoms with Crippen LogP contribution in [0.2, 0.25) is 0 Å². The Balaban J connectivity index is 1.41. The average molecular weight is 560 g/mol. The molecule has 0 radical (unpaired) electrons. The molecule has 2 bridgehead atoms. The number of anilines is 2. The molecule has 2 aromatic heterocycles. The predicted molar refractivity (Wildman–Crippen MR) is 180 cm³/mol. The number of nitrogens with one attached hydrogen (secondary N) is 1. The molecule has 0 atom stereocenters. The first-order valence-electron chi connectivity index (χ1n) is 16.1. The van der Waals surface area contributed by atoms with Gasteiger partial charge < -0.3 is 9.73 Å². The van der Waals surface area contributed by atoms with Crippen molar-refractivity contribution in [1.82, 2.24) is 4.98 Å². The number of furan rings is 1. The minimum atomic E-state index is -2.19. The summed E-state index contributed by atoms with van der Waals surface area (Å²) in [6, 6.07) is 31.5. The van der Waals surface area contributed by atoms with Crippen LogP contribution in [-0.2, 0) is 0 Å². The number of pyridine rings is 1. The fourth-order valence-electron chi connectivity index (χ4n) is 6.90. The summed E-state index contributed by atoms with van der Waals surface area (Å²) in [6.07, 6.45) is 1.46. The van der Waals surface area contributed by atoms with Crippen molar-refractivity contribution in [2.75, 3.05) is 5.32 Å². The smallest absolute Gasteiger partial charge is 0.136 e. The maximum Gasteiger partial charge on any atom is 0.136 e. The third-order valence-electron chi connectivity index (χ3n) is 8.82. The van der Waals surface area contributed by atoms with E-state index in [0.29, 0.717) is 0 Å². The van der Waals surface area contributed by atoms with Gasteiger partial charge in [0.25, 0.3) is 0 Å². The highest BCUT2D eigenvalue weighted by Gasteiger charge is 2.23. The van der Waals surface area contributed by atoms with Crippen molar-refractivity contribution in [2.24, 2.45) is 0 Å². The number of hydrogen-bond acceptors (Lipinski definition) is 3. The molecule has 0 saturated carbocycles. The Morgan fingerprint density at radius 3 is 2.12 bits per heavy atom. The Hall–Kier alpha value is -5.15. The molecule has 8 rings (SSSR count). The van der Waals surface area contributed by atoms with Crippen molar-refractivity contribution in [1.29, 1.82) is 0 Å². The van der Waals surface area contributed by atoms with Gasteiger partial charge in [-0.1, -0.05) is 48.0 Å². The molecule has 1 aliphatic rings. The van der Waals surface area contributed by atoms with E-state index in [1.54, 1.807) is 12.1 Å². The Kier molecular flexibility index (Phi) is 4.93. The van der Waals surface area contributed by atoms with Gasteiger partial charge in [-0.05, 0) is 128 Å². The molecule has 3 heterocycles. The average Bonchev–Trinajstić information content (AvgIpc) is 3.38. The van der Waals surface area contributed by atoms with Crippen LogP contribution >= 0.6 is 0 Å². The minimum Gasteiger partial charge on any atom is -0.456 e. The molecule has 3 heteroatoms. The second-order valence-corrected chi connectivity index (χ2v) is 11.8. The monoisotopic (exact) mass is 559 g/mol. The number of rotatable bonds is 2. The van der Waals surface area contributed by atoms with Gasteiger partial charge in [-0.25, -0.2) is 0 Å². The Morgan fingerprint density at radius 2 is 1.37 bits per heavy atom. The van der Waals surface area contributed by atoms with Crippen LogP contribution in [0.3, 0.4) is 0 Å². The molecule has 43 heavy (non-hydrogen) atoms. The lowest BCUT2D eigenvalue weighted by atomic mass is 9.83. The highest BCUT2D eigenvalue weighted by atomic mass is 16.3. The zero-order valence-corrected chi connectivity index (χ0v) is 24.6. The number of fused-ring (bicyclic) bond motifs is 9. The zero-order valence-electron chi connectivity index (χ0n) is 27.6. The topological polar surface area (TPSA) is 38.1 Å². The minimum absolute atomic E-state index is 0.232. The van der Waals surface area contributed by atoms with E-state index in [1.807, 2.05) is 24.3 Å². The summed E-state index contributed by atoms with van der Waals surface area (Å²) < 4.78 is 29.6. The molecule has 0 amide bonds. The lowest BCUT2D eigenvalue weighted by Gasteiger charge is -2.25. The number of para-hydroxylation sites is 1. The fourth-order valence-corrected chi connectivity index (χ4v) is 6.90. The summed E-state index contributed by atoms with van der Waals surface area (Å²) in [5.41, 5.74) is 17.4. The van der Waals surface area contributed by atoms with Crippen LogP contribution in [0.1, 0.15) is 31.9 Å². The summed E-state index contributed by atoms with van der Waals surface area (Å²) in [6.45, 7) is 6.52. The van der Waals surface area contributed by atoms with Crippen molar-refractivity contribution < 1.29 is 8.53 Å². The maximum atomic E-state index is 7.75. The standard InChI is InChI=1S/C40H32N2O/c1-22-10-12-35(41-21-22)27-11-13-36-32(16-27)30-17-28(40-24(3)14-23(2)15-25(40)4)18-31(26(30)5)33-20-39-34(19-37(33)42-36)29-8-6-7-9-38(29)43-39/h6-21,42H,1-5H3/i1D3. The van der Waals surface area contributed by atoms with Crippen LogP contribution in [0.5, 0.6) is 0 Å². The number of nitrogens with zero attached hydrogens (tertiary/aromatic N) is 1. The van der Waals surface area contributed by atoms with Gasteiger partial charge in [-0.15, -0.1) is 0 Å². The Morgan fingerprint density at radius 1 is 0.628 bits per heavy atom. The van der Waals surface area contributed by atoms with E-state index in [-0.39, 0.29) is 5.56 Å². The van der Waals surface area contributed by atoms with E-state index in [9.17, 15) is 0 Å². The van der Waals surface area contributed by atoms with Crippen LogP contribution in [0.15, 0.2) is 102 Å². The first-order valence-corrected chi connectivity index (χ1v) is 14.6. The first-order chi connectivity index (χ1) is 22.0. The van der Waals surface area contributed by atoms with Crippen molar-refractivity contribution in [3.05, 3.63) is 125 Å². The van der Waals surface area contributed by atoms with E-state index < -0.39 is 6.85 Å². The molecule has 208 valence electrons. The SMILES string of the molecule is [2H]C([2H])([2H])c1ccc(-c2ccc3c(c2)-c2cc(-c4c(C)cc(C)cc4C)cc(c2C)-c2cc4oc5ccccc5c4cc2N3)nc1. The van der Waals surface area contributed by atoms with E-state index in [2.05, 4.69) is 92.6 Å². The molecule has 1 aliphatic heterocycles. The van der Waals surface area contributed by atoms with E-state index in [4.69, 9.17) is 8.53 Å².